The van der Waals surface area contributed by atoms with Crippen molar-refractivity contribution in [1.82, 2.24) is 4.98 Å². The Balaban J connectivity index is 1.81. The van der Waals surface area contributed by atoms with E-state index in [0.717, 1.165) is 11.3 Å². The van der Waals surface area contributed by atoms with Gasteiger partial charge in [-0.1, -0.05) is 6.07 Å². The minimum atomic E-state index is -0.257. The monoisotopic (exact) mass is 281 g/mol. The molecule has 1 aromatic heterocycles. The van der Waals surface area contributed by atoms with E-state index >= 15 is 0 Å². The molecule has 0 unspecified atom stereocenters. The molecule has 2 amide bonds. The molecule has 2 heterocycles. The Morgan fingerprint density at radius 3 is 2.90 bits per heavy atom. The van der Waals surface area contributed by atoms with Crippen molar-refractivity contribution in [3.05, 3.63) is 53.9 Å². The third-order valence-corrected chi connectivity index (χ3v) is 3.48. The van der Waals surface area contributed by atoms with Gasteiger partial charge in [-0.05, 0) is 42.8 Å². The van der Waals surface area contributed by atoms with Crippen molar-refractivity contribution in [3.63, 3.8) is 0 Å². The minimum Gasteiger partial charge on any atom is -0.321 e. The van der Waals surface area contributed by atoms with E-state index in [9.17, 15) is 9.59 Å². The lowest BCUT2D eigenvalue weighted by Gasteiger charge is -2.14. The van der Waals surface area contributed by atoms with Gasteiger partial charge in [0.1, 0.15) is 5.69 Å². The third kappa shape index (κ3) is 2.50. The number of nitrogens with zero attached hydrogens (tertiary/aromatic N) is 2. The lowest BCUT2D eigenvalue weighted by molar-refractivity contribution is -0.117. The second-order valence-corrected chi connectivity index (χ2v) is 4.83. The average molecular weight is 281 g/mol. The van der Waals surface area contributed by atoms with Gasteiger partial charge in [0, 0.05) is 24.1 Å². The van der Waals surface area contributed by atoms with Gasteiger partial charge in [-0.2, -0.15) is 0 Å². The van der Waals surface area contributed by atoms with Crippen LogP contribution in [0.5, 0.6) is 0 Å². The van der Waals surface area contributed by atoms with Gasteiger partial charge in [-0.25, -0.2) is 0 Å². The summed E-state index contributed by atoms with van der Waals surface area (Å²) in [7, 11) is 0. The van der Waals surface area contributed by atoms with Gasteiger partial charge in [0.2, 0.25) is 5.91 Å². The highest BCUT2D eigenvalue weighted by molar-refractivity contribution is 6.05. The fourth-order valence-corrected chi connectivity index (χ4v) is 2.50. The number of hydrogen-bond acceptors (Lipinski definition) is 3. The molecule has 0 radical (unpaired) electrons. The summed E-state index contributed by atoms with van der Waals surface area (Å²) < 4.78 is 0. The first kappa shape index (κ1) is 13.3. The Kier molecular flexibility index (Phi) is 3.39. The zero-order valence-corrected chi connectivity index (χ0v) is 11.7. The smallest absolute Gasteiger partial charge is 0.274 e. The molecular weight excluding hydrogens is 266 g/mol. The lowest BCUT2D eigenvalue weighted by atomic mass is 10.1. The normalized spacial score (nSPS) is 13.2. The number of hydrogen-bond donors (Lipinski definition) is 1. The number of amides is 2. The molecular formula is C16H15N3O2. The number of carbonyl (C=O) groups is 2. The van der Waals surface area contributed by atoms with Gasteiger partial charge in [0.05, 0.1) is 6.42 Å². The lowest BCUT2D eigenvalue weighted by Crippen LogP contribution is -2.25. The molecule has 1 aliphatic rings. The van der Waals surface area contributed by atoms with Crippen LogP contribution in [0.3, 0.4) is 0 Å². The molecule has 0 fully saturated rings. The minimum absolute atomic E-state index is 0.0979. The fourth-order valence-electron chi connectivity index (χ4n) is 2.50. The van der Waals surface area contributed by atoms with Crippen molar-refractivity contribution in [2.45, 2.75) is 13.3 Å². The first-order valence-electron chi connectivity index (χ1n) is 6.84. The number of carbonyl (C=O) groups excluding carboxylic acids is 2. The molecule has 5 nitrogen and oxygen atoms in total. The van der Waals surface area contributed by atoms with E-state index in [1.165, 1.54) is 0 Å². The number of aromatic nitrogens is 1. The predicted molar refractivity (Wildman–Crippen MR) is 80.4 cm³/mol. The highest BCUT2D eigenvalue weighted by Crippen LogP contribution is 2.31. The molecule has 1 N–H and O–H groups in total. The van der Waals surface area contributed by atoms with E-state index in [1.54, 1.807) is 35.4 Å². The Labute approximate surface area is 122 Å². The molecule has 0 saturated heterocycles. The Morgan fingerprint density at radius 1 is 1.33 bits per heavy atom. The van der Waals surface area contributed by atoms with Gasteiger partial charge >= 0.3 is 0 Å². The maximum absolute atomic E-state index is 12.0. The van der Waals surface area contributed by atoms with Crippen LogP contribution in [0.25, 0.3) is 0 Å². The molecule has 0 atom stereocenters. The van der Waals surface area contributed by atoms with E-state index in [-0.39, 0.29) is 11.8 Å². The number of pyridine rings is 1. The molecule has 21 heavy (non-hydrogen) atoms. The summed E-state index contributed by atoms with van der Waals surface area (Å²) in [5, 5.41) is 2.80. The molecule has 0 saturated carbocycles. The van der Waals surface area contributed by atoms with Crippen molar-refractivity contribution in [2.75, 3.05) is 16.8 Å². The van der Waals surface area contributed by atoms with Crippen LogP contribution >= 0.6 is 0 Å². The van der Waals surface area contributed by atoms with Gasteiger partial charge in [0.15, 0.2) is 0 Å². The van der Waals surface area contributed by atoms with Crippen LogP contribution in [0.1, 0.15) is 23.0 Å². The van der Waals surface area contributed by atoms with E-state index in [2.05, 4.69) is 10.3 Å². The predicted octanol–water partition coefficient (Wildman–Crippen LogP) is 2.24. The zero-order valence-electron chi connectivity index (χ0n) is 11.7. The van der Waals surface area contributed by atoms with Crippen molar-refractivity contribution >= 4 is 23.2 Å². The highest BCUT2D eigenvalue weighted by atomic mass is 16.2. The van der Waals surface area contributed by atoms with E-state index in [4.69, 9.17) is 0 Å². The zero-order chi connectivity index (χ0) is 14.8. The number of fused-ring (bicyclic) bond motifs is 1. The van der Waals surface area contributed by atoms with Crippen LogP contribution in [0.4, 0.5) is 11.4 Å². The number of nitrogens with one attached hydrogen (secondary N) is 1. The summed E-state index contributed by atoms with van der Waals surface area (Å²) in [6.45, 7) is 2.61. The molecule has 0 aliphatic carbocycles. The van der Waals surface area contributed by atoms with Gasteiger partial charge < -0.3 is 10.2 Å². The standard InChI is InChI=1S/C16H15N3O2/c1-2-19-14-7-6-12(9-11(14)10-15(19)20)18-16(21)13-5-3-4-8-17-13/h3-9H,2,10H2,1H3,(H,18,21). The second kappa shape index (κ2) is 5.36. The maximum atomic E-state index is 12.0. The first-order valence-corrected chi connectivity index (χ1v) is 6.84. The van der Waals surface area contributed by atoms with Crippen LogP contribution < -0.4 is 10.2 Å². The number of likely N-dealkylation sites (N-methyl/N-ethyl adjacent to an activating group) is 1. The molecule has 1 aromatic carbocycles. The molecule has 0 spiro atoms. The van der Waals surface area contributed by atoms with Crippen LogP contribution in [0, 0.1) is 0 Å². The van der Waals surface area contributed by atoms with E-state index in [1.807, 2.05) is 19.1 Å². The highest BCUT2D eigenvalue weighted by Gasteiger charge is 2.26. The van der Waals surface area contributed by atoms with Crippen LogP contribution in [0.15, 0.2) is 42.6 Å². The molecule has 5 heteroatoms. The Hall–Kier alpha value is -2.69. The average Bonchev–Trinajstić information content (AvgIpc) is 2.82. The number of benzene rings is 1. The topological polar surface area (TPSA) is 62.3 Å². The van der Waals surface area contributed by atoms with Gasteiger partial charge in [-0.3, -0.25) is 14.6 Å². The summed E-state index contributed by atoms with van der Waals surface area (Å²) in [4.78, 5) is 29.7. The summed E-state index contributed by atoms with van der Waals surface area (Å²) in [6, 6.07) is 10.7. The van der Waals surface area contributed by atoms with E-state index < -0.39 is 0 Å². The molecule has 1 aliphatic heterocycles. The summed E-state index contributed by atoms with van der Waals surface area (Å²) in [5.41, 5.74) is 2.92. The van der Waals surface area contributed by atoms with E-state index in [0.29, 0.717) is 24.3 Å². The Morgan fingerprint density at radius 2 is 2.19 bits per heavy atom. The quantitative estimate of drug-likeness (QED) is 0.938. The molecule has 0 bridgehead atoms. The van der Waals surface area contributed by atoms with Crippen LogP contribution in [-0.2, 0) is 11.2 Å². The number of anilines is 2. The van der Waals surface area contributed by atoms with Crippen molar-refractivity contribution < 1.29 is 9.59 Å². The number of rotatable bonds is 3. The summed E-state index contributed by atoms with van der Waals surface area (Å²) in [5.74, 6) is -0.159. The summed E-state index contributed by atoms with van der Waals surface area (Å²) in [6.07, 6.45) is 1.96. The Bertz CT molecular complexity index is 698. The maximum Gasteiger partial charge on any atom is 0.274 e. The molecule has 2 aromatic rings. The van der Waals surface area contributed by atoms with Crippen molar-refractivity contribution in [3.8, 4) is 0 Å². The second-order valence-electron chi connectivity index (χ2n) is 4.83. The van der Waals surface area contributed by atoms with Gasteiger partial charge in [0.25, 0.3) is 5.91 Å². The molecule has 3 rings (SSSR count). The van der Waals surface area contributed by atoms with Crippen molar-refractivity contribution in [2.24, 2.45) is 0 Å². The molecule has 106 valence electrons. The third-order valence-electron chi connectivity index (χ3n) is 3.48. The van der Waals surface area contributed by atoms with Crippen LogP contribution in [0.2, 0.25) is 0 Å². The van der Waals surface area contributed by atoms with Crippen LogP contribution in [-0.4, -0.2) is 23.3 Å². The first-order chi connectivity index (χ1) is 10.2. The SMILES string of the molecule is CCN1C(=O)Cc2cc(NC(=O)c3ccccn3)ccc21. The largest absolute Gasteiger partial charge is 0.321 e. The van der Waals surface area contributed by atoms with Gasteiger partial charge in [-0.15, -0.1) is 0 Å². The fraction of sp³-hybridized carbons (Fsp3) is 0.188. The van der Waals surface area contributed by atoms with Crippen molar-refractivity contribution in [1.29, 1.82) is 0 Å². The summed E-state index contributed by atoms with van der Waals surface area (Å²) >= 11 is 0.